The van der Waals surface area contributed by atoms with Gasteiger partial charge in [0.1, 0.15) is 4.60 Å². The van der Waals surface area contributed by atoms with Crippen LogP contribution in [0.2, 0.25) is 0 Å². The highest BCUT2D eigenvalue weighted by Crippen LogP contribution is 2.43. The third kappa shape index (κ3) is 1.48. The quantitative estimate of drug-likeness (QED) is 0.850. The van der Waals surface area contributed by atoms with Gasteiger partial charge in [-0.05, 0) is 28.8 Å². The van der Waals surface area contributed by atoms with Crippen LogP contribution in [0.1, 0.15) is 28.6 Å². The minimum absolute atomic E-state index is 0.602. The molecular formula is C7H9BrN2S. The minimum atomic E-state index is 0.602. The molecule has 11 heavy (non-hydrogen) atoms. The van der Waals surface area contributed by atoms with Crippen molar-refractivity contribution >= 4 is 27.3 Å². The first-order chi connectivity index (χ1) is 5.31. The molecule has 1 fully saturated rings. The standard InChI is InChI=1S/C7H9BrN2S/c8-6-5(3-9)11-7(10-6)4-1-2-4/h4H,1-3,9H2. The Bertz CT molecular complexity index is 267. The fourth-order valence-electron chi connectivity index (χ4n) is 0.981. The van der Waals surface area contributed by atoms with E-state index in [9.17, 15) is 0 Å². The summed E-state index contributed by atoms with van der Waals surface area (Å²) in [6, 6.07) is 0. The van der Waals surface area contributed by atoms with Crippen LogP contribution in [0.5, 0.6) is 0 Å². The van der Waals surface area contributed by atoms with Crippen LogP contribution in [0.15, 0.2) is 4.60 Å². The number of thiazole rings is 1. The Hall–Kier alpha value is 0.0700. The van der Waals surface area contributed by atoms with Crippen LogP contribution in [0, 0.1) is 0 Å². The molecule has 0 bridgehead atoms. The predicted octanol–water partition coefficient (Wildman–Crippen LogP) is 2.24. The summed E-state index contributed by atoms with van der Waals surface area (Å²) in [5, 5.41) is 1.26. The molecule has 1 aliphatic rings. The first kappa shape index (κ1) is 7.71. The summed E-state index contributed by atoms with van der Waals surface area (Å²) < 4.78 is 0.951. The number of hydrogen-bond acceptors (Lipinski definition) is 3. The monoisotopic (exact) mass is 232 g/mol. The molecular weight excluding hydrogens is 224 g/mol. The lowest BCUT2D eigenvalue weighted by Gasteiger charge is -1.84. The number of hydrogen-bond donors (Lipinski definition) is 1. The molecule has 0 unspecified atom stereocenters. The Kier molecular flexibility index (Phi) is 1.99. The maximum atomic E-state index is 5.52. The van der Waals surface area contributed by atoms with Gasteiger partial charge in [-0.2, -0.15) is 0 Å². The highest BCUT2D eigenvalue weighted by molar-refractivity contribution is 9.10. The highest BCUT2D eigenvalue weighted by atomic mass is 79.9. The van der Waals surface area contributed by atoms with E-state index in [1.807, 2.05) is 0 Å². The molecule has 2 N–H and O–H groups in total. The van der Waals surface area contributed by atoms with E-state index in [1.165, 1.54) is 22.7 Å². The van der Waals surface area contributed by atoms with E-state index in [-0.39, 0.29) is 0 Å². The van der Waals surface area contributed by atoms with Crippen molar-refractivity contribution in [1.82, 2.24) is 4.98 Å². The fraction of sp³-hybridized carbons (Fsp3) is 0.571. The Morgan fingerprint density at radius 3 is 2.82 bits per heavy atom. The second-order valence-corrected chi connectivity index (χ2v) is 4.61. The Balaban J connectivity index is 2.28. The van der Waals surface area contributed by atoms with Gasteiger partial charge in [0, 0.05) is 12.5 Å². The first-order valence-corrected chi connectivity index (χ1v) is 5.27. The summed E-state index contributed by atoms with van der Waals surface area (Å²) in [5.74, 6) is 0.747. The highest BCUT2D eigenvalue weighted by Gasteiger charge is 2.27. The Morgan fingerprint density at radius 1 is 1.64 bits per heavy atom. The lowest BCUT2D eigenvalue weighted by Crippen LogP contribution is -1.92. The van der Waals surface area contributed by atoms with Gasteiger partial charge in [0.2, 0.25) is 0 Å². The molecule has 2 rings (SSSR count). The smallest absolute Gasteiger partial charge is 0.121 e. The van der Waals surface area contributed by atoms with Crippen LogP contribution in [0.25, 0.3) is 0 Å². The second-order valence-electron chi connectivity index (χ2n) is 2.74. The van der Waals surface area contributed by atoms with Crippen molar-refractivity contribution in [3.63, 3.8) is 0 Å². The van der Waals surface area contributed by atoms with Gasteiger partial charge < -0.3 is 5.73 Å². The molecule has 0 spiro atoms. The van der Waals surface area contributed by atoms with Gasteiger partial charge >= 0.3 is 0 Å². The van der Waals surface area contributed by atoms with Crippen molar-refractivity contribution in [3.05, 3.63) is 14.5 Å². The zero-order valence-corrected chi connectivity index (χ0v) is 8.41. The van der Waals surface area contributed by atoms with Gasteiger partial charge in [-0.1, -0.05) is 0 Å². The van der Waals surface area contributed by atoms with E-state index in [0.717, 1.165) is 10.5 Å². The summed E-state index contributed by atoms with van der Waals surface area (Å²) in [7, 11) is 0. The topological polar surface area (TPSA) is 38.9 Å². The maximum Gasteiger partial charge on any atom is 0.121 e. The zero-order chi connectivity index (χ0) is 7.84. The van der Waals surface area contributed by atoms with Crippen LogP contribution in [-0.2, 0) is 6.54 Å². The molecule has 0 aromatic carbocycles. The molecule has 0 radical (unpaired) electrons. The fourth-order valence-corrected chi connectivity index (χ4v) is 2.70. The first-order valence-electron chi connectivity index (χ1n) is 3.66. The van der Waals surface area contributed by atoms with E-state index in [4.69, 9.17) is 5.73 Å². The minimum Gasteiger partial charge on any atom is -0.326 e. The second kappa shape index (κ2) is 2.84. The molecule has 0 aliphatic heterocycles. The van der Waals surface area contributed by atoms with Crippen molar-refractivity contribution in [2.75, 3.05) is 0 Å². The van der Waals surface area contributed by atoms with Crippen molar-refractivity contribution in [3.8, 4) is 0 Å². The molecule has 1 heterocycles. The van der Waals surface area contributed by atoms with Crippen LogP contribution < -0.4 is 5.73 Å². The molecule has 2 nitrogen and oxygen atoms in total. The van der Waals surface area contributed by atoms with Crippen molar-refractivity contribution in [2.24, 2.45) is 5.73 Å². The Labute approximate surface area is 78.0 Å². The van der Waals surface area contributed by atoms with E-state index in [0.29, 0.717) is 6.54 Å². The average molecular weight is 233 g/mol. The van der Waals surface area contributed by atoms with Crippen molar-refractivity contribution in [1.29, 1.82) is 0 Å². The van der Waals surface area contributed by atoms with Crippen LogP contribution in [0.4, 0.5) is 0 Å². The van der Waals surface area contributed by atoms with E-state index < -0.39 is 0 Å². The number of nitrogens with two attached hydrogens (primary N) is 1. The summed E-state index contributed by atoms with van der Waals surface area (Å²) in [6.07, 6.45) is 2.62. The molecule has 1 aliphatic carbocycles. The lowest BCUT2D eigenvalue weighted by atomic mass is 10.5. The molecule has 0 atom stereocenters. The number of aromatic nitrogens is 1. The number of nitrogens with zero attached hydrogens (tertiary/aromatic N) is 1. The van der Waals surface area contributed by atoms with Gasteiger partial charge in [0.05, 0.1) is 9.88 Å². The normalized spacial score (nSPS) is 17.3. The SMILES string of the molecule is NCc1sc(C2CC2)nc1Br. The van der Waals surface area contributed by atoms with Gasteiger partial charge in [-0.15, -0.1) is 11.3 Å². The van der Waals surface area contributed by atoms with Crippen LogP contribution >= 0.6 is 27.3 Å². The largest absolute Gasteiger partial charge is 0.326 e. The van der Waals surface area contributed by atoms with Crippen molar-refractivity contribution in [2.45, 2.75) is 25.3 Å². The summed E-state index contributed by atoms with van der Waals surface area (Å²) in [6.45, 7) is 0.602. The van der Waals surface area contributed by atoms with Gasteiger partial charge in [-0.25, -0.2) is 4.98 Å². The lowest BCUT2D eigenvalue weighted by molar-refractivity contribution is 1.04. The molecule has 1 aromatic heterocycles. The van der Waals surface area contributed by atoms with E-state index in [2.05, 4.69) is 20.9 Å². The summed E-state index contributed by atoms with van der Waals surface area (Å²) in [5.41, 5.74) is 5.52. The van der Waals surface area contributed by atoms with Crippen molar-refractivity contribution < 1.29 is 0 Å². The Morgan fingerprint density at radius 2 is 2.36 bits per heavy atom. The van der Waals surface area contributed by atoms with E-state index in [1.54, 1.807) is 11.3 Å². The van der Waals surface area contributed by atoms with Gasteiger partial charge in [-0.3, -0.25) is 0 Å². The number of rotatable bonds is 2. The summed E-state index contributed by atoms with van der Waals surface area (Å²) in [4.78, 5) is 5.57. The van der Waals surface area contributed by atoms with E-state index >= 15 is 0 Å². The third-order valence-electron chi connectivity index (χ3n) is 1.78. The molecule has 1 saturated carbocycles. The number of halogens is 1. The maximum absolute atomic E-state index is 5.52. The average Bonchev–Trinajstić information content (AvgIpc) is 2.76. The predicted molar refractivity (Wildman–Crippen MR) is 49.7 cm³/mol. The molecule has 60 valence electrons. The van der Waals surface area contributed by atoms with Crippen LogP contribution in [0.3, 0.4) is 0 Å². The summed E-state index contributed by atoms with van der Waals surface area (Å²) >= 11 is 5.14. The van der Waals surface area contributed by atoms with Gasteiger partial charge in [0.25, 0.3) is 0 Å². The van der Waals surface area contributed by atoms with Crippen LogP contribution in [-0.4, -0.2) is 4.98 Å². The molecule has 4 heteroatoms. The van der Waals surface area contributed by atoms with Gasteiger partial charge in [0.15, 0.2) is 0 Å². The third-order valence-corrected chi connectivity index (χ3v) is 3.94. The zero-order valence-electron chi connectivity index (χ0n) is 6.01. The molecule has 1 aromatic rings. The molecule has 0 saturated heterocycles. The molecule has 0 amide bonds.